The van der Waals surface area contributed by atoms with Crippen LogP contribution in [-0.2, 0) is 10.3 Å². The number of hydrogen-bond acceptors (Lipinski definition) is 5. The minimum absolute atomic E-state index is 0.315. The predicted molar refractivity (Wildman–Crippen MR) is 159 cm³/mol. The molecule has 0 aliphatic carbocycles. The molecule has 4 aromatic rings. The van der Waals surface area contributed by atoms with Crippen LogP contribution < -0.4 is 15.0 Å². The lowest BCUT2D eigenvalue weighted by Crippen LogP contribution is -2.33. The Morgan fingerprint density at radius 3 is 2.40 bits per heavy atom. The third kappa shape index (κ3) is 3.71. The van der Waals surface area contributed by atoms with Crippen LogP contribution in [0.25, 0.3) is 0 Å². The lowest BCUT2D eigenvalue weighted by atomic mass is 9.77. The maximum absolute atomic E-state index is 13.3. The second-order valence-electron chi connectivity index (χ2n) is 11.8. The molecule has 4 aromatic carbocycles. The minimum atomic E-state index is -1.09. The van der Waals surface area contributed by atoms with Crippen molar-refractivity contribution in [1.29, 1.82) is 0 Å². The molecule has 5 heteroatoms. The summed E-state index contributed by atoms with van der Waals surface area (Å²) in [5, 5.41) is 3.55. The van der Waals surface area contributed by atoms with E-state index in [2.05, 4.69) is 68.2 Å². The molecule has 0 bridgehead atoms. The monoisotopic (exact) mass is 530 g/mol. The minimum Gasteiger partial charge on any atom is -0.456 e. The van der Waals surface area contributed by atoms with Crippen molar-refractivity contribution in [2.45, 2.75) is 33.3 Å². The molecule has 40 heavy (non-hydrogen) atoms. The van der Waals surface area contributed by atoms with Gasteiger partial charge in [-0.2, -0.15) is 0 Å². The molecular formula is C35H34N2O3. The highest BCUT2D eigenvalue weighted by Gasteiger charge is 2.53. The summed E-state index contributed by atoms with van der Waals surface area (Å²) in [5.41, 5.74) is 6.15. The van der Waals surface area contributed by atoms with Crippen LogP contribution in [0.15, 0.2) is 84.9 Å². The van der Waals surface area contributed by atoms with Crippen molar-refractivity contribution >= 4 is 23.0 Å². The number of nitrogens with one attached hydrogen (secondary N) is 1. The summed E-state index contributed by atoms with van der Waals surface area (Å²) in [6.45, 7) is 11.1. The van der Waals surface area contributed by atoms with Gasteiger partial charge >= 0.3 is 5.97 Å². The Hall–Kier alpha value is -4.25. The molecule has 0 aromatic heterocycles. The summed E-state index contributed by atoms with van der Waals surface area (Å²) in [7, 11) is 0. The molecule has 1 spiro atoms. The molecule has 0 saturated carbocycles. The van der Waals surface area contributed by atoms with E-state index in [0.717, 1.165) is 58.2 Å². The zero-order valence-electron chi connectivity index (χ0n) is 23.4. The van der Waals surface area contributed by atoms with Crippen molar-refractivity contribution < 1.29 is 14.3 Å². The molecule has 3 aliphatic rings. The highest BCUT2D eigenvalue weighted by molar-refractivity contribution is 5.97. The lowest BCUT2D eigenvalue weighted by molar-refractivity contribution is 0.0224. The summed E-state index contributed by atoms with van der Waals surface area (Å²) in [4.78, 5) is 15.8. The third-order valence-corrected chi connectivity index (χ3v) is 8.99. The number of ether oxygens (including phenoxy) is 2. The molecule has 0 radical (unpaired) electrons. The van der Waals surface area contributed by atoms with Gasteiger partial charge < -0.3 is 19.7 Å². The van der Waals surface area contributed by atoms with Crippen molar-refractivity contribution in [2.24, 2.45) is 17.8 Å². The van der Waals surface area contributed by atoms with E-state index in [1.54, 1.807) is 0 Å². The van der Waals surface area contributed by atoms with Gasteiger partial charge in [-0.05, 0) is 72.7 Å². The fraction of sp³-hybridized carbons (Fsp3) is 0.286. The van der Waals surface area contributed by atoms with Crippen molar-refractivity contribution in [2.75, 3.05) is 23.3 Å². The quantitative estimate of drug-likeness (QED) is 0.271. The van der Waals surface area contributed by atoms with Crippen LogP contribution in [0.5, 0.6) is 11.5 Å². The average molecular weight is 531 g/mol. The maximum Gasteiger partial charge on any atom is 0.340 e. The number of carbonyl (C=O) groups is 1. The van der Waals surface area contributed by atoms with Crippen LogP contribution in [0.3, 0.4) is 0 Å². The Morgan fingerprint density at radius 1 is 0.875 bits per heavy atom. The predicted octanol–water partition coefficient (Wildman–Crippen LogP) is 8.03. The Bertz CT molecular complexity index is 1630. The highest BCUT2D eigenvalue weighted by atomic mass is 16.6. The number of nitrogens with zero attached hydrogens (tertiary/aromatic N) is 1. The van der Waals surface area contributed by atoms with Crippen molar-refractivity contribution in [3.8, 4) is 11.5 Å². The van der Waals surface area contributed by atoms with Gasteiger partial charge in [0.1, 0.15) is 11.5 Å². The number of fused-ring (bicyclic) bond motifs is 6. The Balaban J connectivity index is 1.38. The van der Waals surface area contributed by atoms with Crippen LogP contribution in [0.1, 0.15) is 53.4 Å². The van der Waals surface area contributed by atoms with Crippen molar-refractivity contribution in [3.63, 3.8) is 0 Å². The summed E-state index contributed by atoms with van der Waals surface area (Å²) in [6, 6.07) is 28.3. The molecule has 1 fully saturated rings. The van der Waals surface area contributed by atoms with Crippen molar-refractivity contribution in [3.05, 3.63) is 113 Å². The number of carbonyl (C=O) groups excluding carboxylic acids is 1. The number of aryl methyl sites for hydroxylation is 1. The standard InChI is InChI=1S/C35H34N2O3/c1-21(2)27-20-37(19-23(27)4)25-14-15-29-33(17-25)39-32-16-22(3)31(36-24-10-6-5-7-11-24)18-30(32)35(29)28-13-9-8-12-26(28)34(38)40-35/h5-18,21,23,27,36H,19-20H2,1-4H3. The molecule has 5 nitrogen and oxygen atoms in total. The van der Waals surface area contributed by atoms with Gasteiger partial charge in [-0.1, -0.05) is 57.2 Å². The van der Waals surface area contributed by atoms with Gasteiger partial charge in [0, 0.05) is 52.9 Å². The van der Waals surface area contributed by atoms with E-state index in [4.69, 9.17) is 9.47 Å². The maximum atomic E-state index is 13.3. The molecule has 1 saturated heterocycles. The number of benzene rings is 4. The van der Waals surface area contributed by atoms with Crippen molar-refractivity contribution in [1.82, 2.24) is 0 Å². The fourth-order valence-electron chi connectivity index (χ4n) is 6.89. The summed E-state index contributed by atoms with van der Waals surface area (Å²) < 4.78 is 13.1. The Kier molecular flexibility index (Phi) is 5.67. The number of hydrogen-bond donors (Lipinski definition) is 1. The number of esters is 1. The highest BCUT2D eigenvalue weighted by Crippen LogP contribution is 2.57. The number of rotatable bonds is 4. The van der Waals surface area contributed by atoms with Gasteiger partial charge in [0.05, 0.1) is 5.56 Å². The molecule has 3 heterocycles. The average Bonchev–Trinajstić information content (AvgIpc) is 3.48. The van der Waals surface area contributed by atoms with Crippen LogP contribution in [0.4, 0.5) is 17.1 Å². The van der Waals surface area contributed by atoms with E-state index in [1.165, 1.54) is 0 Å². The summed E-state index contributed by atoms with van der Waals surface area (Å²) in [6.07, 6.45) is 0. The normalized spacial score (nSPS) is 22.5. The first-order valence-corrected chi connectivity index (χ1v) is 14.2. The topological polar surface area (TPSA) is 50.8 Å². The first-order valence-electron chi connectivity index (χ1n) is 14.2. The fourth-order valence-corrected chi connectivity index (χ4v) is 6.89. The molecule has 0 amide bonds. The van der Waals surface area contributed by atoms with Gasteiger partial charge in [0.25, 0.3) is 0 Å². The lowest BCUT2D eigenvalue weighted by Gasteiger charge is -2.37. The van der Waals surface area contributed by atoms with Gasteiger partial charge in [-0.25, -0.2) is 4.79 Å². The van der Waals surface area contributed by atoms with Gasteiger partial charge in [-0.3, -0.25) is 0 Å². The van der Waals surface area contributed by atoms with E-state index in [9.17, 15) is 4.79 Å². The second-order valence-corrected chi connectivity index (χ2v) is 11.8. The molecule has 3 atom stereocenters. The molecular weight excluding hydrogens is 496 g/mol. The van der Waals surface area contributed by atoms with Gasteiger partial charge in [0.2, 0.25) is 0 Å². The number of para-hydroxylation sites is 1. The summed E-state index contributed by atoms with van der Waals surface area (Å²) >= 11 is 0. The van der Waals surface area contributed by atoms with Crippen LogP contribution >= 0.6 is 0 Å². The van der Waals surface area contributed by atoms with E-state index < -0.39 is 5.60 Å². The third-order valence-electron chi connectivity index (χ3n) is 8.99. The second kappa shape index (κ2) is 9.16. The zero-order valence-corrected chi connectivity index (χ0v) is 23.4. The smallest absolute Gasteiger partial charge is 0.340 e. The van der Waals surface area contributed by atoms with E-state index in [-0.39, 0.29) is 5.97 Å². The zero-order chi connectivity index (χ0) is 27.6. The van der Waals surface area contributed by atoms with Crippen LogP contribution in [0.2, 0.25) is 0 Å². The first-order chi connectivity index (χ1) is 19.3. The van der Waals surface area contributed by atoms with Crippen LogP contribution in [-0.4, -0.2) is 19.1 Å². The Morgan fingerprint density at radius 2 is 1.62 bits per heavy atom. The van der Waals surface area contributed by atoms with Crippen LogP contribution in [0, 0.1) is 24.7 Å². The molecule has 3 aliphatic heterocycles. The van der Waals surface area contributed by atoms with E-state index in [0.29, 0.717) is 29.1 Å². The molecule has 1 N–H and O–H groups in total. The summed E-state index contributed by atoms with van der Waals surface area (Å²) in [5.74, 6) is 3.05. The SMILES string of the molecule is Cc1cc2c(cc1Nc1ccccc1)C1(OC(=O)c3ccccc31)c1ccc(N3CC(C)C(C(C)C)C3)cc1O2. The first kappa shape index (κ1) is 24.8. The van der Waals surface area contributed by atoms with E-state index in [1.807, 2.05) is 54.6 Å². The van der Waals surface area contributed by atoms with E-state index >= 15 is 0 Å². The molecule has 3 unspecified atom stereocenters. The van der Waals surface area contributed by atoms with Gasteiger partial charge in [0.15, 0.2) is 5.60 Å². The largest absolute Gasteiger partial charge is 0.456 e. The molecule has 202 valence electrons. The molecule has 7 rings (SSSR count). The Labute approximate surface area is 235 Å². The van der Waals surface area contributed by atoms with Gasteiger partial charge in [-0.15, -0.1) is 0 Å². The number of anilines is 3.